The van der Waals surface area contributed by atoms with Crippen LogP contribution < -0.4 is 0 Å². The smallest absolute Gasteiger partial charge is 0.433 e. The molecule has 0 spiro atoms. The van der Waals surface area contributed by atoms with Crippen molar-refractivity contribution in [1.82, 2.24) is 19.7 Å². The number of alkyl halides is 3. The zero-order valence-electron chi connectivity index (χ0n) is 16.1. The number of furan rings is 1. The molecule has 3 aromatic heterocycles. The van der Waals surface area contributed by atoms with Crippen molar-refractivity contribution in [3.05, 3.63) is 47.7 Å². The average Bonchev–Trinajstić information content (AvgIpc) is 3.36. The number of hydrogen-bond donors (Lipinski definition) is 0. The van der Waals surface area contributed by atoms with Crippen molar-refractivity contribution in [1.29, 1.82) is 0 Å². The van der Waals surface area contributed by atoms with Crippen molar-refractivity contribution in [2.45, 2.75) is 44.8 Å². The topological polar surface area (TPSA) is 64.2 Å². The summed E-state index contributed by atoms with van der Waals surface area (Å²) in [5, 5.41) is 4.90. The Morgan fingerprint density at radius 1 is 1.28 bits per heavy atom. The lowest BCUT2D eigenvalue weighted by molar-refractivity contribution is -0.141. The van der Waals surface area contributed by atoms with Gasteiger partial charge in [-0.25, -0.2) is 9.67 Å². The third-order valence-electron chi connectivity index (χ3n) is 5.33. The molecule has 0 radical (unpaired) electrons. The van der Waals surface area contributed by atoms with Crippen molar-refractivity contribution < 1.29 is 22.4 Å². The number of rotatable bonds is 3. The van der Waals surface area contributed by atoms with Crippen LogP contribution >= 0.6 is 0 Å². The second-order valence-corrected chi connectivity index (χ2v) is 7.56. The molecule has 1 amide bonds. The van der Waals surface area contributed by atoms with Gasteiger partial charge in [-0.1, -0.05) is 0 Å². The van der Waals surface area contributed by atoms with Crippen molar-refractivity contribution >= 4 is 16.9 Å². The Morgan fingerprint density at radius 3 is 2.59 bits per heavy atom. The summed E-state index contributed by atoms with van der Waals surface area (Å²) in [6, 6.07) is 4.29. The first-order chi connectivity index (χ1) is 13.8. The number of amides is 1. The zero-order valence-corrected chi connectivity index (χ0v) is 16.1. The summed E-state index contributed by atoms with van der Waals surface area (Å²) in [7, 11) is 0. The second-order valence-electron chi connectivity index (χ2n) is 7.56. The Labute approximate surface area is 165 Å². The molecule has 0 bridgehead atoms. The highest BCUT2D eigenvalue weighted by molar-refractivity contribution is 5.91. The van der Waals surface area contributed by atoms with Crippen LogP contribution in [0.4, 0.5) is 13.2 Å². The number of likely N-dealkylation sites (tertiary alicyclic amines) is 1. The van der Waals surface area contributed by atoms with E-state index < -0.39 is 11.9 Å². The quantitative estimate of drug-likeness (QED) is 0.636. The van der Waals surface area contributed by atoms with Crippen LogP contribution in [0.3, 0.4) is 0 Å². The first kappa shape index (κ1) is 19.5. The van der Waals surface area contributed by atoms with Crippen LogP contribution in [-0.4, -0.2) is 38.7 Å². The summed E-state index contributed by atoms with van der Waals surface area (Å²) in [4.78, 5) is 18.0. The van der Waals surface area contributed by atoms with Gasteiger partial charge in [0.1, 0.15) is 5.69 Å². The summed E-state index contributed by atoms with van der Waals surface area (Å²) >= 11 is 0. The lowest BCUT2D eigenvalue weighted by Gasteiger charge is -2.32. The number of pyridine rings is 1. The molecular formula is C20H21F3N4O2. The Kier molecular flexibility index (Phi) is 4.84. The van der Waals surface area contributed by atoms with Crippen LogP contribution in [-0.2, 0) is 6.18 Å². The molecule has 4 rings (SSSR count). The number of piperidine rings is 1. The Hall–Kier alpha value is -2.84. The highest BCUT2D eigenvalue weighted by atomic mass is 19.4. The normalized spacial score (nSPS) is 16.1. The third-order valence-corrected chi connectivity index (χ3v) is 5.33. The fourth-order valence-corrected chi connectivity index (χ4v) is 3.85. The number of halogens is 3. The van der Waals surface area contributed by atoms with Gasteiger partial charge in [0, 0.05) is 24.5 Å². The lowest BCUT2D eigenvalue weighted by Crippen LogP contribution is -2.37. The van der Waals surface area contributed by atoms with Gasteiger partial charge in [0.05, 0.1) is 12.5 Å². The van der Waals surface area contributed by atoms with E-state index in [1.807, 2.05) is 13.8 Å². The predicted octanol–water partition coefficient (Wildman–Crippen LogP) is 4.64. The van der Waals surface area contributed by atoms with Crippen molar-refractivity contribution in [2.75, 3.05) is 13.1 Å². The van der Waals surface area contributed by atoms with E-state index in [9.17, 15) is 18.0 Å². The van der Waals surface area contributed by atoms with Gasteiger partial charge in [0.2, 0.25) is 0 Å². The van der Waals surface area contributed by atoms with Crippen LogP contribution in [0.2, 0.25) is 0 Å². The van der Waals surface area contributed by atoms with Crippen LogP contribution in [0.1, 0.15) is 60.5 Å². The van der Waals surface area contributed by atoms with E-state index in [2.05, 4.69) is 10.1 Å². The molecule has 9 heteroatoms. The SMILES string of the molecule is CC(C)n1ncc2c(C3CCN(C(=O)c4ccco4)CC3)cc(C(F)(F)F)nc21. The molecule has 1 aliphatic rings. The van der Waals surface area contributed by atoms with E-state index in [1.54, 1.807) is 23.2 Å². The predicted molar refractivity (Wildman–Crippen MR) is 99.5 cm³/mol. The molecule has 154 valence electrons. The standard InChI is InChI=1S/C20H21F3N4O2/c1-12(2)27-18-15(11-24-27)14(10-17(25-18)20(21,22)23)13-5-7-26(8-6-13)19(28)16-4-3-9-29-16/h3-4,9-13H,5-8H2,1-2H3. The van der Waals surface area contributed by atoms with Crippen LogP contribution in [0.5, 0.6) is 0 Å². The molecule has 1 aliphatic heterocycles. The molecule has 0 N–H and O–H groups in total. The number of aromatic nitrogens is 3. The minimum absolute atomic E-state index is 0.105. The van der Waals surface area contributed by atoms with Gasteiger partial charge < -0.3 is 9.32 Å². The van der Waals surface area contributed by atoms with Crippen molar-refractivity contribution in [3.8, 4) is 0 Å². The van der Waals surface area contributed by atoms with Gasteiger partial charge in [-0.15, -0.1) is 0 Å². The number of fused-ring (bicyclic) bond motifs is 1. The molecule has 0 aromatic carbocycles. The molecule has 0 unspecified atom stereocenters. The van der Waals surface area contributed by atoms with E-state index in [1.165, 1.54) is 10.9 Å². The molecule has 1 fully saturated rings. The number of carbonyl (C=O) groups is 1. The number of carbonyl (C=O) groups excluding carboxylic acids is 1. The summed E-state index contributed by atoms with van der Waals surface area (Å²) in [6.45, 7) is 4.61. The molecule has 0 atom stereocenters. The number of nitrogens with zero attached hydrogens (tertiary/aromatic N) is 4. The Morgan fingerprint density at radius 2 is 2.00 bits per heavy atom. The third kappa shape index (κ3) is 3.61. The average molecular weight is 406 g/mol. The molecule has 29 heavy (non-hydrogen) atoms. The van der Waals surface area contributed by atoms with E-state index in [4.69, 9.17) is 4.42 Å². The second kappa shape index (κ2) is 7.20. The van der Waals surface area contributed by atoms with Gasteiger partial charge in [0.25, 0.3) is 5.91 Å². The first-order valence-electron chi connectivity index (χ1n) is 9.54. The molecule has 0 saturated carbocycles. The molecule has 6 nitrogen and oxygen atoms in total. The summed E-state index contributed by atoms with van der Waals surface area (Å²) in [5.41, 5.74) is -0.0604. The molecule has 0 aliphatic carbocycles. The van der Waals surface area contributed by atoms with Gasteiger partial charge in [-0.05, 0) is 56.4 Å². The van der Waals surface area contributed by atoms with Gasteiger partial charge in [0.15, 0.2) is 11.4 Å². The van der Waals surface area contributed by atoms with Crippen molar-refractivity contribution in [3.63, 3.8) is 0 Å². The maximum atomic E-state index is 13.5. The molecular weight excluding hydrogens is 385 g/mol. The van der Waals surface area contributed by atoms with Gasteiger partial charge in [-0.3, -0.25) is 4.79 Å². The van der Waals surface area contributed by atoms with Crippen LogP contribution in [0, 0.1) is 0 Å². The fraction of sp³-hybridized carbons (Fsp3) is 0.450. The highest BCUT2D eigenvalue weighted by Gasteiger charge is 2.36. The van der Waals surface area contributed by atoms with E-state index in [0.29, 0.717) is 36.9 Å². The molecule has 4 heterocycles. The summed E-state index contributed by atoms with van der Waals surface area (Å²) < 4.78 is 47.1. The maximum absolute atomic E-state index is 13.5. The maximum Gasteiger partial charge on any atom is 0.433 e. The fourth-order valence-electron chi connectivity index (χ4n) is 3.85. The molecule has 3 aromatic rings. The summed E-state index contributed by atoms with van der Waals surface area (Å²) in [5.74, 6) is -0.0312. The summed E-state index contributed by atoms with van der Waals surface area (Å²) in [6.07, 6.45) is -0.368. The Balaban J connectivity index is 1.65. The van der Waals surface area contributed by atoms with E-state index in [-0.39, 0.29) is 29.3 Å². The van der Waals surface area contributed by atoms with Gasteiger partial charge >= 0.3 is 6.18 Å². The number of hydrogen-bond acceptors (Lipinski definition) is 4. The van der Waals surface area contributed by atoms with Crippen molar-refractivity contribution in [2.24, 2.45) is 0 Å². The monoisotopic (exact) mass is 406 g/mol. The van der Waals surface area contributed by atoms with Gasteiger partial charge in [-0.2, -0.15) is 18.3 Å². The Bertz CT molecular complexity index is 1020. The minimum atomic E-state index is -4.54. The molecule has 1 saturated heterocycles. The first-order valence-corrected chi connectivity index (χ1v) is 9.54. The van der Waals surface area contributed by atoms with E-state index >= 15 is 0 Å². The zero-order chi connectivity index (χ0) is 20.8. The van der Waals surface area contributed by atoms with Crippen LogP contribution in [0.25, 0.3) is 11.0 Å². The van der Waals surface area contributed by atoms with E-state index in [0.717, 1.165) is 6.07 Å². The minimum Gasteiger partial charge on any atom is -0.459 e. The lowest BCUT2D eigenvalue weighted by atomic mass is 9.87. The van der Waals surface area contributed by atoms with Crippen LogP contribution in [0.15, 0.2) is 35.1 Å². The highest BCUT2D eigenvalue weighted by Crippen LogP contribution is 2.37. The largest absolute Gasteiger partial charge is 0.459 e.